The topological polar surface area (TPSA) is 84.3 Å². The minimum Gasteiger partial charge on any atom is -0.345 e. The van der Waals surface area contributed by atoms with Crippen molar-refractivity contribution in [2.75, 3.05) is 16.6 Å². The number of fused-ring (bicyclic) bond motifs is 1. The van der Waals surface area contributed by atoms with Crippen molar-refractivity contribution in [3.63, 3.8) is 0 Å². The number of sulfonamides is 1. The third-order valence-corrected chi connectivity index (χ3v) is 6.65. The molecule has 8 heteroatoms. The normalized spacial score (nSPS) is 16.0. The number of rotatable bonds is 4. The van der Waals surface area contributed by atoms with Gasteiger partial charge in [-0.3, -0.25) is 9.10 Å². The Bertz CT molecular complexity index is 1120. The van der Waals surface area contributed by atoms with Crippen molar-refractivity contribution in [1.29, 1.82) is 0 Å². The molecular weight excluding hydrogens is 364 g/mol. The van der Waals surface area contributed by atoms with Crippen LogP contribution in [0.5, 0.6) is 0 Å². The lowest BCUT2D eigenvalue weighted by Crippen LogP contribution is -2.27. The lowest BCUT2D eigenvalue weighted by Gasteiger charge is -2.17. The van der Waals surface area contributed by atoms with E-state index in [0.717, 1.165) is 16.9 Å². The Morgan fingerprint density at radius 2 is 2.00 bits per heavy atom. The molecule has 1 saturated heterocycles. The van der Waals surface area contributed by atoms with E-state index in [0.29, 0.717) is 24.2 Å². The van der Waals surface area contributed by atoms with Crippen LogP contribution in [0.3, 0.4) is 0 Å². The Hall–Kier alpha value is -2.87. The van der Waals surface area contributed by atoms with Gasteiger partial charge in [0.25, 0.3) is 5.91 Å². The largest absolute Gasteiger partial charge is 0.345 e. The van der Waals surface area contributed by atoms with Gasteiger partial charge < -0.3 is 9.88 Å². The summed E-state index contributed by atoms with van der Waals surface area (Å²) in [6.07, 6.45) is 0.603. The molecule has 140 valence electrons. The summed E-state index contributed by atoms with van der Waals surface area (Å²) in [4.78, 5) is 17.1. The highest BCUT2D eigenvalue weighted by Crippen LogP contribution is 2.24. The predicted octanol–water partition coefficient (Wildman–Crippen LogP) is 2.04. The minimum atomic E-state index is -3.27. The van der Waals surface area contributed by atoms with Gasteiger partial charge in [0.2, 0.25) is 10.0 Å². The van der Waals surface area contributed by atoms with Crippen molar-refractivity contribution < 1.29 is 13.2 Å². The highest BCUT2D eigenvalue weighted by atomic mass is 32.2. The van der Waals surface area contributed by atoms with Crippen molar-refractivity contribution in [1.82, 2.24) is 14.9 Å². The van der Waals surface area contributed by atoms with E-state index in [1.54, 1.807) is 24.3 Å². The average Bonchev–Trinajstić information content (AvgIpc) is 3.19. The molecule has 1 amide bonds. The molecule has 0 spiro atoms. The zero-order valence-corrected chi connectivity index (χ0v) is 15.7. The molecule has 4 rings (SSSR count). The molecule has 2 aromatic carbocycles. The summed E-state index contributed by atoms with van der Waals surface area (Å²) >= 11 is 0. The number of benzene rings is 2. The molecule has 1 aliphatic rings. The lowest BCUT2D eigenvalue weighted by molar-refractivity contribution is 0.0949. The fourth-order valence-corrected chi connectivity index (χ4v) is 4.90. The Kier molecular flexibility index (Phi) is 4.35. The van der Waals surface area contributed by atoms with Crippen molar-refractivity contribution >= 4 is 32.7 Å². The van der Waals surface area contributed by atoms with Crippen LogP contribution in [0.2, 0.25) is 0 Å². The second kappa shape index (κ2) is 6.70. The Labute approximate surface area is 157 Å². The Balaban J connectivity index is 1.51. The number of imidazole rings is 1. The van der Waals surface area contributed by atoms with Gasteiger partial charge in [0.05, 0.1) is 29.0 Å². The molecule has 0 unspecified atom stereocenters. The summed E-state index contributed by atoms with van der Waals surface area (Å²) in [5.74, 6) is 0.638. The van der Waals surface area contributed by atoms with E-state index in [4.69, 9.17) is 0 Å². The van der Waals surface area contributed by atoms with E-state index >= 15 is 0 Å². The number of amides is 1. The average molecular weight is 384 g/mol. The molecule has 0 radical (unpaired) electrons. The number of hydrogen-bond donors (Lipinski definition) is 1. The minimum absolute atomic E-state index is 0.149. The summed E-state index contributed by atoms with van der Waals surface area (Å²) in [5.41, 5.74) is 2.84. The Morgan fingerprint density at radius 1 is 1.19 bits per heavy atom. The van der Waals surface area contributed by atoms with Gasteiger partial charge in [-0.1, -0.05) is 18.2 Å². The lowest BCUT2D eigenvalue weighted by atomic mass is 10.2. The van der Waals surface area contributed by atoms with Crippen LogP contribution in [-0.4, -0.2) is 36.2 Å². The monoisotopic (exact) mass is 384 g/mol. The third-order valence-electron chi connectivity index (χ3n) is 4.78. The summed E-state index contributed by atoms with van der Waals surface area (Å²) < 4.78 is 27.5. The number of nitrogens with one attached hydrogen (secondary N) is 1. The Morgan fingerprint density at radius 3 is 2.74 bits per heavy atom. The second-order valence-electron chi connectivity index (χ2n) is 6.55. The standard InChI is InChI=1S/C19H20N4O3S/c1-22-17-9-3-2-8-16(17)21-18(22)13-20-19(24)14-6-4-7-15(12-14)23-10-5-11-27(23,25)26/h2-4,6-9,12H,5,10-11,13H2,1H3,(H,20,24). The maximum Gasteiger partial charge on any atom is 0.251 e. The molecule has 3 aromatic rings. The summed E-state index contributed by atoms with van der Waals surface area (Å²) in [7, 11) is -1.36. The van der Waals surface area contributed by atoms with Crippen LogP contribution < -0.4 is 9.62 Å². The highest BCUT2D eigenvalue weighted by molar-refractivity contribution is 7.93. The van der Waals surface area contributed by atoms with Crippen molar-refractivity contribution in [2.24, 2.45) is 7.05 Å². The number of nitrogens with zero attached hydrogens (tertiary/aromatic N) is 3. The van der Waals surface area contributed by atoms with Gasteiger partial charge in [-0.05, 0) is 36.8 Å². The zero-order valence-electron chi connectivity index (χ0n) is 14.9. The van der Waals surface area contributed by atoms with Crippen LogP contribution in [-0.2, 0) is 23.6 Å². The highest BCUT2D eigenvalue weighted by Gasteiger charge is 2.28. The first-order chi connectivity index (χ1) is 13.0. The van der Waals surface area contributed by atoms with Crippen LogP contribution in [0, 0.1) is 0 Å². The van der Waals surface area contributed by atoms with E-state index in [-0.39, 0.29) is 18.2 Å². The van der Waals surface area contributed by atoms with Gasteiger partial charge >= 0.3 is 0 Å². The van der Waals surface area contributed by atoms with Gasteiger partial charge in [0, 0.05) is 19.2 Å². The van der Waals surface area contributed by atoms with E-state index in [1.165, 1.54) is 4.31 Å². The fourth-order valence-electron chi connectivity index (χ4n) is 3.35. The number of aryl methyl sites for hydroxylation is 1. The van der Waals surface area contributed by atoms with Gasteiger partial charge in [0.15, 0.2) is 0 Å². The van der Waals surface area contributed by atoms with Crippen LogP contribution in [0.15, 0.2) is 48.5 Å². The van der Waals surface area contributed by atoms with Crippen LogP contribution in [0.25, 0.3) is 11.0 Å². The van der Waals surface area contributed by atoms with Gasteiger partial charge in [-0.2, -0.15) is 0 Å². The molecule has 0 bridgehead atoms. The molecule has 1 fully saturated rings. The maximum atomic E-state index is 12.6. The molecule has 27 heavy (non-hydrogen) atoms. The first-order valence-electron chi connectivity index (χ1n) is 8.75. The molecule has 2 heterocycles. The number of carbonyl (C=O) groups is 1. The molecule has 0 saturated carbocycles. The van der Waals surface area contributed by atoms with Crippen LogP contribution in [0.4, 0.5) is 5.69 Å². The summed E-state index contributed by atoms with van der Waals surface area (Å²) in [5, 5.41) is 2.87. The number of para-hydroxylation sites is 2. The maximum absolute atomic E-state index is 12.6. The van der Waals surface area contributed by atoms with Gasteiger partial charge in [-0.25, -0.2) is 13.4 Å². The summed E-state index contributed by atoms with van der Waals surface area (Å²) in [6, 6.07) is 14.5. The number of carbonyl (C=O) groups excluding carboxylic acids is 1. The fraction of sp³-hybridized carbons (Fsp3) is 0.263. The molecule has 1 aliphatic heterocycles. The van der Waals surface area contributed by atoms with Crippen molar-refractivity contribution in [3.8, 4) is 0 Å². The molecule has 1 aromatic heterocycles. The first kappa shape index (κ1) is 17.5. The van der Waals surface area contributed by atoms with Crippen molar-refractivity contribution in [3.05, 3.63) is 59.9 Å². The van der Waals surface area contributed by atoms with Crippen molar-refractivity contribution in [2.45, 2.75) is 13.0 Å². The zero-order chi connectivity index (χ0) is 19.0. The molecule has 0 aliphatic carbocycles. The van der Waals surface area contributed by atoms with Gasteiger partial charge in [-0.15, -0.1) is 0 Å². The number of anilines is 1. The van der Waals surface area contributed by atoms with E-state index < -0.39 is 10.0 Å². The van der Waals surface area contributed by atoms with E-state index in [2.05, 4.69) is 10.3 Å². The van der Waals surface area contributed by atoms with Crippen LogP contribution in [0.1, 0.15) is 22.6 Å². The molecule has 0 atom stereocenters. The molecule has 1 N–H and O–H groups in total. The molecule has 7 nitrogen and oxygen atoms in total. The second-order valence-corrected chi connectivity index (χ2v) is 8.56. The summed E-state index contributed by atoms with van der Waals surface area (Å²) in [6.45, 7) is 0.740. The smallest absolute Gasteiger partial charge is 0.251 e. The number of hydrogen-bond acceptors (Lipinski definition) is 4. The SMILES string of the molecule is Cn1c(CNC(=O)c2cccc(N3CCCS3(=O)=O)c2)nc2ccccc21. The quantitative estimate of drug-likeness (QED) is 0.746. The van der Waals surface area contributed by atoms with Gasteiger partial charge in [0.1, 0.15) is 5.82 Å². The third kappa shape index (κ3) is 3.28. The molecular formula is C19H20N4O3S. The predicted molar refractivity (Wildman–Crippen MR) is 104 cm³/mol. The van der Waals surface area contributed by atoms with E-state index in [1.807, 2.05) is 35.9 Å². The number of aromatic nitrogens is 2. The first-order valence-corrected chi connectivity index (χ1v) is 10.4. The van der Waals surface area contributed by atoms with Crippen LogP contribution >= 0.6 is 0 Å². The van der Waals surface area contributed by atoms with E-state index in [9.17, 15) is 13.2 Å².